The quantitative estimate of drug-likeness (QED) is 0.283. The first-order valence-electron chi connectivity index (χ1n) is 11.9. The van der Waals surface area contributed by atoms with Crippen LogP contribution in [0.3, 0.4) is 0 Å². The number of nitrogens with zero attached hydrogens (tertiary/aromatic N) is 4. The molecule has 0 spiro atoms. The summed E-state index contributed by atoms with van der Waals surface area (Å²) in [6.07, 6.45) is 4.98. The molecule has 5 rings (SSSR count). The smallest absolute Gasteiger partial charge is 0.248 e. The highest BCUT2D eigenvalue weighted by molar-refractivity contribution is 5.67. The molecule has 0 aliphatic heterocycles. The molecular weight excluding hydrogens is 481 g/mol. The second-order valence-corrected chi connectivity index (χ2v) is 9.39. The Labute approximate surface area is 211 Å². The van der Waals surface area contributed by atoms with Gasteiger partial charge in [0.1, 0.15) is 0 Å². The fourth-order valence-electron chi connectivity index (χ4n) is 4.51. The van der Waals surface area contributed by atoms with Crippen LogP contribution in [0.25, 0.3) is 22.5 Å². The Balaban J connectivity index is 1.28. The molecule has 1 aliphatic carbocycles. The van der Waals surface area contributed by atoms with E-state index in [4.69, 9.17) is 0 Å². The van der Waals surface area contributed by atoms with Crippen LogP contribution in [0.15, 0.2) is 61.1 Å². The van der Waals surface area contributed by atoms with Crippen LogP contribution in [-0.2, 0) is 11.3 Å². The zero-order chi connectivity index (χ0) is 26.0. The van der Waals surface area contributed by atoms with E-state index in [-0.39, 0.29) is 24.6 Å². The maximum absolute atomic E-state index is 14.5. The lowest BCUT2D eigenvalue weighted by Gasteiger charge is -2.37. The van der Waals surface area contributed by atoms with E-state index in [9.17, 15) is 18.0 Å². The number of aryl methyl sites for hydroxylation is 1. The van der Waals surface area contributed by atoms with Crippen molar-refractivity contribution in [3.63, 3.8) is 0 Å². The largest absolute Gasteiger partial charge is 0.341 e. The molecule has 4 aromatic rings. The highest BCUT2D eigenvalue weighted by Gasteiger charge is 2.45. The molecule has 2 N–H and O–H groups in total. The molecule has 190 valence electrons. The summed E-state index contributed by atoms with van der Waals surface area (Å²) in [5.41, 5.74) is 5.05. The molecule has 0 unspecified atom stereocenters. The summed E-state index contributed by atoms with van der Waals surface area (Å²) in [5.74, 6) is -2.98. The maximum atomic E-state index is 14.5. The van der Waals surface area contributed by atoms with Crippen molar-refractivity contribution in [1.82, 2.24) is 25.1 Å². The molecule has 37 heavy (non-hydrogen) atoms. The number of nitrogens with one attached hydrogen (secondary N) is 2. The van der Waals surface area contributed by atoms with Crippen LogP contribution in [0.4, 0.5) is 24.7 Å². The number of amides is 1. The van der Waals surface area contributed by atoms with Gasteiger partial charge in [-0.3, -0.25) is 9.89 Å². The van der Waals surface area contributed by atoms with Crippen molar-refractivity contribution in [3.05, 3.63) is 78.0 Å². The van der Waals surface area contributed by atoms with E-state index in [1.54, 1.807) is 18.5 Å². The lowest BCUT2D eigenvalue weighted by atomic mass is 9.81. The molecule has 10 heteroatoms. The normalized spacial score (nSPS) is 14.7. The average molecular weight is 507 g/mol. The molecule has 2 aromatic heterocycles. The van der Waals surface area contributed by atoms with Crippen molar-refractivity contribution in [3.8, 4) is 22.5 Å². The standard InChI is InChI=1S/C27H25F3N6O/c1-17-8-20(2-3-21(17)15-36(16-37)14-18-9-27(29,30)10-18)25-31-13-24(28)26(35-25)34-23-6-4-19(5-7-23)22-11-32-33-12-22/h2-8,11-13,16,18H,9-10,14-15H2,1H3,(H,32,33)(H,31,34,35). The molecule has 0 atom stereocenters. The van der Waals surface area contributed by atoms with Gasteiger partial charge >= 0.3 is 0 Å². The van der Waals surface area contributed by atoms with Gasteiger partial charge in [0.15, 0.2) is 17.5 Å². The minimum absolute atomic E-state index is 0.0484. The van der Waals surface area contributed by atoms with Crippen molar-refractivity contribution in [2.45, 2.75) is 32.2 Å². The number of H-pyrrole nitrogens is 1. The summed E-state index contributed by atoms with van der Waals surface area (Å²) in [6.45, 7) is 2.52. The van der Waals surface area contributed by atoms with E-state index in [1.165, 1.54) is 4.90 Å². The Kier molecular flexibility index (Phi) is 6.64. The second kappa shape index (κ2) is 10.0. The molecule has 0 bridgehead atoms. The Morgan fingerprint density at radius 1 is 1.11 bits per heavy atom. The van der Waals surface area contributed by atoms with E-state index in [0.29, 0.717) is 36.6 Å². The Morgan fingerprint density at radius 2 is 1.86 bits per heavy atom. The van der Waals surface area contributed by atoms with Gasteiger partial charge in [0.05, 0.1) is 12.4 Å². The molecule has 7 nitrogen and oxygen atoms in total. The van der Waals surface area contributed by atoms with Crippen LogP contribution in [0.1, 0.15) is 24.0 Å². The van der Waals surface area contributed by atoms with Crippen LogP contribution in [0.5, 0.6) is 0 Å². The van der Waals surface area contributed by atoms with Crippen molar-refractivity contribution >= 4 is 17.9 Å². The first kappa shape index (κ1) is 24.5. The number of hydrogen-bond donors (Lipinski definition) is 2. The van der Waals surface area contributed by atoms with Gasteiger partial charge in [0.2, 0.25) is 12.3 Å². The van der Waals surface area contributed by atoms with Gasteiger partial charge in [0, 0.05) is 48.9 Å². The molecule has 0 radical (unpaired) electrons. The van der Waals surface area contributed by atoms with E-state index < -0.39 is 11.7 Å². The number of benzene rings is 2. The number of aromatic nitrogens is 4. The number of aromatic amines is 1. The zero-order valence-corrected chi connectivity index (χ0v) is 20.1. The first-order chi connectivity index (χ1) is 17.8. The fraction of sp³-hybridized carbons (Fsp3) is 0.259. The molecule has 1 fully saturated rings. The molecule has 1 aliphatic rings. The molecule has 1 saturated carbocycles. The van der Waals surface area contributed by atoms with Crippen molar-refractivity contribution in [2.75, 3.05) is 11.9 Å². The van der Waals surface area contributed by atoms with Gasteiger partial charge < -0.3 is 10.2 Å². The topological polar surface area (TPSA) is 86.8 Å². The predicted octanol–water partition coefficient (Wildman–Crippen LogP) is 5.73. The van der Waals surface area contributed by atoms with Crippen molar-refractivity contribution < 1.29 is 18.0 Å². The monoisotopic (exact) mass is 506 g/mol. The second-order valence-electron chi connectivity index (χ2n) is 9.39. The lowest BCUT2D eigenvalue weighted by molar-refractivity contribution is -0.131. The summed E-state index contributed by atoms with van der Waals surface area (Å²) in [5, 5.41) is 9.71. The minimum atomic E-state index is -2.61. The number of alkyl halides is 2. The van der Waals surface area contributed by atoms with Crippen LogP contribution in [0, 0.1) is 18.7 Å². The Morgan fingerprint density at radius 3 is 2.51 bits per heavy atom. The zero-order valence-electron chi connectivity index (χ0n) is 20.1. The fourth-order valence-corrected chi connectivity index (χ4v) is 4.51. The number of hydrogen-bond acceptors (Lipinski definition) is 5. The van der Waals surface area contributed by atoms with Gasteiger partial charge in [-0.2, -0.15) is 5.10 Å². The van der Waals surface area contributed by atoms with Crippen LogP contribution in [-0.4, -0.2) is 43.9 Å². The number of halogens is 3. The van der Waals surface area contributed by atoms with Crippen LogP contribution in [0.2, 0.25) is 0 Å². The third kappa shape index (κ3) is 5.63. The van der Waals surface area contributed by atoms with Gasteiger partial charge in [-0.1, -0.05) is 24.3 Å². The van der Waals surface area contributed by atoms with Crippen molar-refractivity contribution in [2.24, 2.45) is 5.92 Å². The van der Waals surface area contributed by atoms with Crippen molar-refractivity contribution in [1.29, 1.82) is 0 Å². The number of rotatable bonds is 9. The Hall–Kier alpha value is -4.21. The first-order valence-corrected chi connectivity index (χ1v) is 11.9. The predicted molar refractivity (Wildman–Crippen MR) is 134 cm³/mol. The molecule has 0 saturated heterocycles. The average Bonchev–Trinajstić information content (AvgIpc) is 3.40. The molecule has 1 amide bonds. The summed E-state index contributed by atoms with van der Waals surface area (Å²) in [4.78, 5) is 21.6. The van der Waals surface area contributed by atoms with E-state index in [0.717, 1.165) is 28.5 Å². The highest BCUT2D eigenvalue weighted by atomic mass is 19.3. The van der Waals surface area contributed by atoms with Crippen LogP contribution >= 0.6 is 0 Å². The molecule has 2 heterocycles. The van der Waals surface area contributed by atoms with Gasteiger partial charge in [-0.05, 0) is 47.7 Å². The van der Waals surface area contributed by atoms with Crippen LogP contribution < -0.4 is 5.32 Å². The van der Waals surface area contributed by atoms with Gasteiger partial charge in [-0.15, -0.1) is 0 Å². The summed E-state index contributed by atoms with van der Waals surface area (Å²) in [6, 6.07) is 13.0. The van der Waals surface area contributed by atoms with E-state index in [2.05, 4.69) is 25.5 Å². The SMILES string of the molecule is Cc1cc(-c2ncc(F)c(Nc3ccc(-c4cn[nH]c4)cc3)n2)ccc1CN(C=O)CC1CC(F)(F)C1. The summed E-state index contributed by atoms with van der Waals surface area (Å²) in [7, 11) is 0. The maximum Gasteiger partial charge on any atom is 0.248 e. The number of carbonyl (C=O) groups excluding carboxylic acids is 1. The third-order valence-electron chi connectivity index (χ3n) is 6.51. The summed E-state index contributed by atoms with van der Waals surface area (Å²) >= 11 is 0. The van der Waals surface area contributed by atoms with Gasteiger partial charge in [0.25, 0.3) is 0 Å². The Bertz CT molecular complexity index is 1380. The lowest BCUT2D eigenvalue weighted by Crippen LogP contribution is -2.42. The highest BCUT2D eigenvalue weighted by Crippen LogP contribution is 2.42. The number of anilines is 2. The van der Waals surface area contributed by atoms with E-state index >= 15 is 0 Å². The third-order valence-corrected chi connectivity index (χ3v) is 6.51. The molecular formula is C27H25F3N6O. The van der Waals surface area contributed by atoms with E-state index in [1.807, 2.05) is 43.3 Å². The molecule has 2 aromatic carbocycles. The number of carbonyl (C=O) groups is 1. The summed E-state index contributed by atoms with van der Waals surface area (Å²) < 4.78 is 40.8. The minimum Gasteiger partial charge on any atom is -0.341 e. The van der Waals surface area contributed by atoms with Gasteiger partial charge in [-0.25, -0.2) is 23.1 Å².